The maximum atomic E-state index is 12.3. The first-order chi connectivity index (χ1) is 8.91. The van der Waals surface area contributed by atoms with Crippen LogP contribution in [0.15, 0.2) is 0 Å². The zero-order valence-electron chi connectivity index (χ0n) is 11.9. The summed E-state index contributed by atoms with van der Waals surface area (Å²) in [7, 11) is 1.87. The van der Waals surface area contributed by atoms with Crippen molar-refractivity contribution in [3.8, 4) is 0 Å². The van der Waals surface area contributed by atoms with Crippen LogP contribution in [0.4, 0.5) is 0 Å². The summed E-state index contributed by atoms with van der Waals surface area (Å²) in [5, 5.41) is 7.07. The van der Waals surface area contributed by atoms with Crippen LogP contribution in [0.2, 0.25) is 0 Å². The molecule has 1 aliphatic heterocycles. The van der Waals surface area contributed by atoms with Gasteiger partial charge in [-0.1, -0.05) is 0 Å². The minimum absolute atomic E-state index is 0.0125. The maximum Gasteiger partial charge on any atom is 0.242 e. The molecule has 6 heteroatoms. The summed E-state index contributed by atoms with van der Waals surface area (Å²) in [5.74, 6) is -0.0965. The van der Waals surface area contributed by atoms with Gasteiger partial charge in [0.2, 0.25) is 11.8 Å². The lowest BCUT2D eigenvalue weighted by molar-refractivity contribution is -0.142. The third-order valence-corrected chi connectivity index (χ3v) is 3.81. The van der Waals surface area contributed by atoms with Crippen molar-refractivity contribution in [2.75, 3.05) is 13.1 Å². The lowest BCUT2D eigenvalue weighted by Gasteiger charge is -2.32. The Balaban J connectivity index is 2.14. The minimum atomic E-state index is -0.390. The molecule has 1 unspecified atom stereocenters. The molecule has 1 aliphatic rings. The monoisotopic (exact) mass is 264 g/mol. The number of nitrogens with zero attached hydrogens (tertiary/aromatic N) is 3. The molecule has 0 saturated carbocycles. The molecule has 0 spiro atoms. The van der Waals surface area contributed by atoms with E-state index in [1.165, 1.54) is 0 Å². The molecule has 0 bridgehead atoms. The second-order valence-corrected chi connectivity index (χ2v) is 5.00. The third kappa shape index (κ3) is 2.47. The number of aromatic nitrogens is 2. The highest BCUT2D eigenvalue weighted by atomic mass is 16.2. The molecule has 0 radical (unpaired) electrons. The number of carbonyl (C=O) groups excluding carboxylic acids is 2. The molecule has 1 atom stereocenters. The average Bonchev–Trinajstić information content (AvgIpc) is 2.59. The highest BCUT2D eigenvalue weighted by Gasteiger charge is 2.29. The van der Waals surface area contributed by atoms with Crippen molar-refractivity contribution in [2.24, 2.45) is 7.05 Å². The van der Waals surface area contributed by atoms with Crippen LogP contribution in [0, 0.1) is 13.8 Å². The van der Waals surface area contributed by atoms with Crippen LogP contribution in [0.1, 0.15) is 23.9 Å². The van der Waals surface area contributed by atoms with Crippen LogP contribution in [0.25, 0.3) is 0 Å². The van der Waals surface area contributed by atoms with Gasteiger partial charge in [-0.2, -0.15) is 5.10 Å². The predicted molar refractivity (Wildman–Crippen MR) is 70.6 cm³/mol. The summed E-state index contributed by atoms with van der Waals surface area (Å²) in [6.07, 6.45) is 0.309. The van der Waals surface area contributed by atoms with E-state index in [-0.39, 0.29) is 11.8 Å². The number of aryl methyl sites for hydroxylation is 2. The van der Waals surface area contributed by atoms with Gasteiger partial charge in [-0.3, -0.25) is 14.3 Å². The quantitative estimate of drug-likeness (QED) is 0.813. The van der Waals surface area contributed by atoms with E-state index >= 15 is 0 Å². The van der Waals surface area contributed by atoms with Gasteiger partial charge in [0.05, 0.1) is 12.1 Å². The average molecular weight is 264 g/mol. The van der Waals surface area contributed by atoms with Crippen molar-refractivity contribution in [1.29, 1.82) is 0 Å². The number of amides is 2. The minimum Gasteiger partial charge on any atom is -0.353 e. The van der Waals surface area contributed by atoms with Gasteiger partial charge >= 0.3 is 0 Å². The van der Waals surface area contributed by atoms with E-state index in [0.29, 0.717) is 19.5 Å². The maximum absolute atomic E-state index is 12.3. The molecule has 0 aromatic carbocycles. The van der Waals surface area contributed by atoms with Crippen molar-refractivity contribution in [2.45, 2.75) is 33.2 Å². The number of nitrogens with one attached hydrogen (secondary N) is 1. The normalized spacial score (nSPS) is 19.5. The van der Waals surface area contributed by atoms with E-state index in [9.17, 15) is 9.59 Å². The Morgan fingerprint density at radius 2 is 2.16 bits per heavy atom. The fraction of sp³-hybridized carbons (Fsp3) is 0.615. The smallest absolute Gasteiger partial charge is 0.242 e. The van der Waals surface area contributed by atoms with E-state index in [2.05, 4.69) is 10.4 Å². The van der Waals surface area contributed by atoms with E-state index in [0.717, 1.165) is 17.0 Å². The van der Waals surface area contributed by atoms with Crippen LogP contribution in [-0.4, -0.2) is 45.6 Å². The summed E-state index contributed by atoms with van der Waals surface area (Å²) in [6.45, 7) is 6.72. The van der Waals surface area contributed by atoms with Crippen LogP contribution < -0.4 is 5.32 Å². The Morgan fingerprint density at radius 3 is 2.74 bits per heavy atom. The van der Waals surface area contributed by atoms with Crippen molar-refractivity contribution in [3.05, 3.63) is 17.0 Å². The molecular formula is C13H20N4O2. The van der Waals surface area contributed by atoms with Crippen LogP contribution >= 0.6 is 0 Å². The molecular weight excluding hydrogens is 244 g/mol. The molecule has 104 valence electrons. The summed E-state index contributed by atoms with van der Waals surface area (Å²) in [6, 6.07) is -0.390. The number of carbonyl (C=O) groups is 2. The second-order valence-electron chi connectivity index (χ2n) is 5.00. The number of rotatable bonds is 2. The highest BCUT2D eigenvalue weighted by molar-refractivity contribution is 5.89. The molecule has 2 heterocycles. The predicted octanol–water partition coefficient (Wildman–Crippen LogP) is -0.0737. The molecule has 1 aromatic rings. The van der Waals surface area contributed by atoms with E-state index in [4.69, 9.17) is 0 Å². The Bertz CT molecular complexity index is 521. The highest BCUT2D eigenvalue weighted by Crippen LogP contribution is 2.15. The summed E-state index contributed by atoms with van der Waals surface area (Å²) >= 11 is 0. The summed E-state index contributed by atoms with van der Waals surface area (Å²) in [5.41, 5.74) is 2.84. The molecule has 1 saturated heterocycles. The Labute approximate surface area is 112 Å². The molecule has 2 amide bonds. The fourth-order valence-electron chi connectivity index (χ4n) is 2.45. The third-order valence-electron chi connectivity index (χ3n) is 3.81. The van der Waals surface area contributed by atoms with Gasteiger partial charge in [0.25, 0.3) is 0 Å². The largest absolute Gasteiger partial charge is 0.353 e. The molecule has 6 nitrogen and oxygen atoms in total. The first kappa shape index (κ1) is 13.6. The van der Waals surface area contributed by atoms with Gasteiger partial charge in [-0.25, -0.2) is 0 Å². The van der Waals surface area contributed by atoms with E-state index in [1.807, 2.05) is 20.9 Å². The van der Waals surface area contributed by atoms with Crippen molar-refractivity contribution in [1.82, 2.24) is 20.0 Å². The Hall–Kier alpha value is -1.85. The molecule has 1 N–H and O–H groups in total. The zero-order valence-corrected chi connectivity index (χ0v) is 11.9. The molecule has 1 fully saturated rings. The first-order valence-corrected chi connectivity index (χ1v) is 6.48. The van der Waals surface area contributed by atoms with Crippen LogP contribution in [0.5, 0.6) is 0 Å². The van der Waals surface area contributed by atoms with Crippen molar-refractivity contribution in [3.63, 3.8) is 0 Å². The van der Waals surface area contributed by atoms with Gasteiger partial charge in [0.1, 0.15) is 6.04 Å². The van der Waals surface area contributed by atoms with E-state index < -0.39 is 6.04 Å². The van der Waals surface area contributed by atoms with Crippen molar-refractivity contribution < 1.29 is 9.59 Å². The van der Waals surface area contributed by atoms with E-state index in [1.54, 1.807) is 16.5 Å². The molecule has 1 aromatic heterocycles. The second kappa shape index (κ2) is 5.03. The Morgan fingerprint density at radius 1 is 1.47 bits per heavy atom. The van der Waals surface area contributed by atoms with Gasteiger partial charge < -0.3 is 10.2 Å². The van der Waals surface area contributed by atoms with Gasteiger partial charge in [0.15, 0.2) is 0 Å². The molecule has 0 aliphatic carbocycles. The van der Waals surface area contributed by atoms with Crippen LogP contribution in [-0.2, 0) is 23.1 Å². The Kier molecular flexibility index (Phi) is 3.59. The number of piperazine rings is 1. The van der Waals surface area contributed by atoms with Crippen LogP contribution in [0.3, 0.4) is 0 Å². The van der Waals surface area contributed by atoms with Crippen molar-refractivity contribution >= 4 is 11.8 Å². The van der Waals surface area contributed by atoms with Gasteiger partial charge in [-0.15, -0.1) is 0 Å². The number of hydrogen-bond donors (Lipinski definition) is 1. The zero-order chi connectivity index (χ0) is 14.2. The number of hydrogen-bond acceptors (Lipinski definition) is 3. The lowest BCUT2D eigenvalue weighted by Crippen LogP contribution is -2.56. The molecule has 2 rings (SSSR count). The summed E-state index contributed by atoms with van der Waals surface area (Å²) < 4.78 is 1.78. The summed E-state index contributed by atoms with van der Waals surface area (Å²) in [4.78, 5) is 25.6. The molecule has 19 heavy (non-hydrogen) atoms. The lowest BCUT2D eigenvalue weighted by atomic mass is 10.1. The van der Waals surface area contributed by atoms with Gasteiger partial charge in [0, 0.05) is 31.4 Å². The topological polar surface area (TPSA) is 67.2 Å². The SMILES string of the molecule is Cc1nn(C)c(C)c1CC(=O)N1CCNC(=O)C1C. The first-order valence-electron chi connectivity index (χ1n) is 6.48. The standard InChI is InChI=1S/C13H20N4O2/c1-8-11(9(2)16(4)15-8)7-12(18)17-6-5-14-13(19)10(17)3/h10H,5-7H2,1-4H3,(H,14,19). The fourth-order valence-corrected chi connectivity index (χ4v) is 2.45. The van der Waals surface area contributed by atoms with Gasteiger partial charge in [-0.05, 0) is 20.8 Å².